The van der Waals surface area contributed by atoms with E-state index in [1.54, 1.807) is 0 Å². The molecule has 0 radical (unpaired) electrons. The molecule has 118 valence electrons. The van der Waals surface area contributed by atoms with Crippen LogP contribution in [0.2, 0.25) is 0 Å². The predicted molar refractivity (Wildman–Crippen MR) is 75.5 cm³/mol. The summed E-state index contributed by atoms with van der Waals surface area (Å²) in [6.45, 7) is 10.0. The number of rotatable bonds is 9. The quantitative estimate of drug-likeness (QED) is 0.392. The average Bonchev–Trinajstić information content (AvgIpc) is 2.46. The molecule has 1 amide bonds. The summed E-state index contributed by atoms with van der Waals surface area (Å²) in [6, 6.07) is 0. The SMILES string of the molecule is C=CC(=O)OCC(COC(=O)C(=C)C)OC(=O)NCCC. The molecule has 7 heteroatoms. The minimum Gasteiger partial charge on any atom is -0.458 e. The molecule has 0 aromatic rings. The van der Waals surface area contributed by atoms with Crippen LogP contribution >= 0.6 is 0 Å². The molecule has 0 rings (SSSR count). The molecule has 21 heavy (non-hydrogen) atoms. The summed E-state index contributed by atoms with van der Waals surface area (Å²) >= 11 is 0. The minimum absolute atomic E-state index is 0.215. The third kappa shape index (κ3) is 9.26. The molecule has 1 atom stereocenters. The standard InChI is InChI=1S/C14H21NO6/c1-5-7-15-14(18)21-11(8-19-12(16)6-2)9-20-13(17)10(3)4/h6,11H,2-3,5,7-9H2,1,4H3,(H,15,18). The summed E-state index contributed by atoms with van der Waals surface area (Å²) in [5.74, 6) is -1.28. The molecular weight excluding hydrogens is 278 g/mol. The van der Waals surface area contributed by atoms with Gasteiger partial charge in [0, 0.05) is 18.2 Å². The summed E-state index contributed by atoms with van der Waals surface area (Å²) in [7, 11) is 0. The van der Waals surface area contributed by atoms with E-state index in [0.717, 1.165) is 12.5 Å². The first-order valence-electron chi connectivity index (χ1n) is 6.47. The van der Waals surface area contributed by atoms with Gasteiger partial charge in [0.2, 0.25) is 0 Å². The van der Waals surface area contributed by atoms with Crippen molar-refractivity contribution in [1.82, 2.24) is 5.32 Å². The monoisotopic (exact) mass is 299 g/mol. The van der Waals surface area contributed by atoms with Gasteiger partial charge in [-0.05, 0) is 13.3 Å². The molecule has 0 fully saturated rings. The Morgan fingerprint density at radius 2 is 1.86 bits per heavy atom. The summed E-state index contributed by atoms with van der Waals surface area (Å²) < 4.78 is 14.7. The maximum absolute atomic E-state index is 11.5. The van der Waals surface area contributed by atoms with Crippen molar-refractivity contribution in [3.8, 4) is 0 Å². The second-order valence-electron chi connectivity index (χ2n) is 4.17. The van der Waals surface area contributed by atoms with Crippen LogP contribution in [0.15, 0.2) is 24.8 Å². The van der Waals surface area contributed by atoms with Crippen molar-refractivity contribution < 1.29 is 28.6 Å². The number of hydrogen-bond acceptors (Lipinski definition) is 6. The normalized spacial score (nSPS) is 11.0. The molecule has 0 heterocycles. The van der Waals surface area contributed by atoms with Crippen LogP contribution in [0.3, 0.4) is 0 Å². The first-order chi connectivity index (χ1) is 9.90. The van der Waals surface area contributed by atoms with Gasteiger partial charge in [-0.2, -0.15) is 0 Å². The zero-order valence-electron chi connectivity index (χ0n) is 12.3. The Morgan fingerprint density at radius 1 is 1.24 bits per heavy atom. The molecule has 0 aliphatic rings. The molecule has 1 N–H and O–H groups in total. The highest BCUT2D eigenvalue weighted by atomic mass is 16.6. The van der Waals surface area contributed by atoms with E-state index in [0.29, 0.717) is 6.54 Å². The summed E-state index contributed by atoms with van der Waals surface area (Å²) in [5, 5.41) is 2.49. The number of amides is 1. The van der Waals surface area contributed by atoms with Crippen LogP contribution in [0, 0.1) is 0 Å². The van der Waals surface area contributed by atoms with Crippen LogP contribution in [-0.4, -0.2) is 43.9 Å². The second-order valence-corrected chi connectivity index (χ2v) is 4.17. The third-order valence-corrected chi connectivity index (χ3v) is 2.12. The number of ether oxygens (including phenoxy) is 3. The predicted octanol–water partition coefficient (Wildman–Crippen LogP) is 1.34. The lowest BCUT2D eigenvalue weighted by Crippen LogP contribution is -2.35. The van der Waals surface area contributed by atoms with E-state index in [4.69, 9.17) is 14.2 Å². The lowest BCUT2D eigenvalue weighted by atomic mass is 10.3. The lowest BCUT2D eigenvalue weighted by Gasteiger charge is -2.18. The highest BCUT2D eigenvalue weighted by Gasteiger charge is 2.18. The fourth-order valence-corrected chi connectivity index (χ4v) is 1.06. The highest BCUT2D eigenvalue weighted by molar-refractivity contribution is 5.87. The molecule has 0 saturated carbocycles. The van der Waals surface area contributed by atoms with Gasteiger partial charge in [0.1, 0.15) is 13.2 Å². The number of esters is 2. The van der Waals surface area contributed by atoms with Gasteiger partial charge in [0.25, 0.3) is 0 Å². The van der Waals surface area contributed by atoms with Gasteiger partial charge in [-0.15, -0.1) is 0 Å². The number of carbonyl (C=O) groups is 3. The number of hydrogen-bond donors (Lipinski definition) is 1. The fourth-order valence-electron chi connectivity index (χ4n) is 1.06. The van der Waals surface area contributed by atoms with Crippen molar-refractivity contribution in [2.75, 3.05) is 19.8 Å². The van der Waals surface area contributed by atoms with Gasteiger partial charge in [-0.25, -0.2) is 14.4 Å². The van der Waals surface area contributed by atoms with Crippen LogP contribution < -0.4 is 5.32 Å². The fraction of sp³-hybridized carbons (Fsp3) is 0.500. The Balaban J connectivity index is 4.41. The number of carbonyl (C=O) groups excluding carboxylic acids is 3. The van der Waals surface area contributed by atoms with E-state index in [-0.39, 0.29) is 18.8 Å². The zero-order valence-corrected chi connectivity index (χ0v) is 12.3. The Kier molecular flexibility index (Phi) is 9.32. The van der Waals surface area contributed by atoms with Crippen molar-refractivity contribution in [1.29, 1.82) is 0 Å². The van der Waals surface area contributed by atoms with E-state index in [9.17, 15) is 14.4 Å². The first-order valence-corrected chi connectivity index (χ1v) is 6.47. The largest absolute Gasteiger partial charge is 0.458 e. The van der Waals surface area contributed by atoms with E-state index >= 15 is 0 Å². The van der Waals surface area contributed by atoms with Gasteiger partial charge in [0.15, 0.2) is 6.10 Å². The van der Waals surface area contributed by atoms with E-state index in [2.05, 4.69) is 18.5 Å². The molecule has 0 bridgehead atoms. The molecule has 7 nitrogen and oxygen atoms in total. The molecule has 0 aliphatic carbocycles. The van der Waals surface area contributed by atoms with Crippen molar-refractivity contribution in [3.63, 3.8) is 0 Å². The van der Waals surface area contributed by atoms with Crippen molar-refractivity contribution in [2.24, 2.45) is 0 Å². The number of nitrogens with one attached hydrogen (secondary N) is 1. The van der Waals surface area contributed by atoms with Crippen molar-refractivity contribution in [3.05, 3.63) is 24.8 Å². The Hall–Kier alpha value is -2.31. The maximum atomic E-state index is 11.5. The Morgan fingerprint density at radius 3 is 2.38 bits per heavy atom. The van der Waals surface area contributed by atoms with Gasteiger partial charge >= 0.3 is 18.0 Å². The lowest BCUT2D eigenvalue weighted by molar-refractivity contribution is -0.147. The van der Waals surface area contributed by atoms with Gasteiger partial charge in [-0.1, -0.05) is 20.1 Å². The molecule has 0 spiro atoms. The molecule has 0 saturated heterocycles. The molecular formula is C14H21NO6. The van der Waals surface area contributed by atoms with E-state index in [1.165, 1.54) is 6.92 Å². The van der Waals surface area contributed by atoms with Crippen LogP contribution in [0.1, 0.15) is 20.3 Å². The zero-order chi connectivity index (χ0) is 16.3. The Bertz CT molecular complexity index is 404. The van der Waals surface area contributed by atoms with Gasteiger partial charge in [-0.3, -0.25) is 0 Å². The van der Waals surface area contributed by atoms with Crippen molar-refractivity contribution in [2.45, 2.75) is 26.4 Å². The van der Waals surface area contributed by atoms with Gasteiger partial charge in [0.05, 0.1) is 0 Å². The topological polar surface area (TPSA) is 90.9 Å². The molecule has 0 aromatic carbocycles. The first kappa shape index (κ1) is 18.7. The van der Waals surface area contributed by atoms with E-state index < -0.39 is 24.1 Å². The number of alkyl carbamates (subject to hydrolysis) is 1. The van der Waals surface area contributed by atoms with Gasteiger partial charge < -0.3 is 19.5 Å². The summed E-state index contributed by atoms with van der Waals surface area (Å²) in [4.78, 5) is 33.8. The molecule has 0 aromatic heterocycles. The maximum Gasteiger partial charge on any atom is 0.407 e. The van der Waals surface area contributed by atoms with E-state index in [1.807, 2.05) is 6.92 Å². The molecule has 0 aliphatic heterocycles. The average molecular weight is 299 g/mol. The van der Waals surface area contributed by atoms with Crippen molar-refractivity contribution >= 4 is 18.0 Å². The third-order valence-electron chi connectivity index (χ3n) is 2.12. The minimum atomic E-state index is -0.908. The van der Waals surface area contributed by atoms with Crippen LogP contribution in [0.4, 0.5) is 4.79 Å². The smallest absolute Gasteiger partial charge is 0.407 e. The van der Waals surface area contributed by atoms with Crippen LogP contribution in [-0.2, 0) is 23.8 Å². The Labute approximate surface area is 123 Å². The molecule has 1 unspecified atom stereocenters. The van der Waals surface area contributed by atoms with Crippen LogP contribution in [0.25, 0.3) is 0 Å². The summed E-state index contributed by atoms with van der Waals surface area (Å²) in [5.41, 5.74) is 0.215. The summed E-state index contributed by atoms with van der Waals surface area (Å²) in [6.07, 6.45) is 0.140. The second kappa shape index (κ2) is 10.5. The van der Waals surface area contributed by atoms with Crippen LogP contribution in [0.5, 0.6) is 0 Å². The highest BCUT2D eigenvalue weighted by Crippen LogP contribution is 2.00.